The third kappa shape index (κ3) is 37.5. The van der Waals surface area contributed by atoms with Crippen molar-refractivity contribution in [3.8, 4) is 0 Å². The molecule has 0 aromatic rings. The predicted octanol–water partition coefficient (Wildman–Crippen LogP) is 13.6. The number of rotatable bonds is 39. The molecule has 0 aromatic carbocycles. The zero-order chi connectivity index (χ0) is 35.0. The number of hydrogen-bond acceptors (Lipinski definition) is 5. The van der Waals surface area contributed by atoms with Crippen LogP contribution in [0.25, 0.3) is 0 Å². The fourth-order valence-electron chi connectivity index (χ4n) is 6.08. The van der Waals surface area contributed by atoms with Crippen molar-refractivity contribution in [3.05, 3.63) is 12.2 Å². The molecular weight excluding hydrogens is 596 g/mol. The first-order valence-electron chi connectivity index (χ1n) is 21.2. The summed E-state index contributed by atoms with van der Waals surface area (Å²) in [5.74, 6) is -0.398. The minimum atomic E-state index is -0.525. The van der Waals surface area contributed by atoms with Gasteiger partial charge >= 0.3 is 11.9 Å². The lowest BCUT2D eigenvalue weighted by molar-refractivity contribution is -0.163. The standard InChI is InChI=1S/C43H82O5/c1-4-7-10-13-16-19-22-24-27-30-33-36-42(44)47-40-41(39-46-38-35-32-29-26-21-18-15-12-9-6-3)48-43(45)37-34-31-28-25-23-20-17-14-11-8-5-2/h13,16,41H,4-12,14-15,17-40H2,1-3H3/b16-13-. The van der Waals surface area contributed by atoms with Gasteiger partial charge < -0.3 is 14.2 Å². The molecule has 5 heteroatoms. The van der Waals surface area contributed by atoms with Crippen LogP contribution in [0.5, 0.6) is 0 Å². The fraction of sp³-hybridized carbons (Fsp3) is 0.907. The maximum absolute atomic E-state index is 12.6. The molecule has 1 unspecified atom stereocenters. The van der Waals surface area contributed by atoms with Crippen molar-refractivity contribution >= 4 is 11.9 Å². The number of allylic oxidation sites excluding steroid dienone is 2. The van der Waals surface area contributed by atoms with Crippen molar-refractivity contribution in [2.75, 3.05) is 19.8 Å². The average Bonchev–Trinajstić information content (AvgIpc) is 3.08. The Bertz CT molecular complexity index is 691. The van der Waals surface area contributed by atoms with E-state index in [2.05, 4.69) is 32.9 Å². The van der Waals surface area contributed by atoms with E-state index in [1.54, 1.807) is 0 Å². The molecule has 0 fully saturated rings. The highest BCUT2D eigenvalue weighted by Gasteiger charge is 2.17. The number of carbonyl (C=O) groups is 2. The zero-order valence-electron chi connectivity index (χ0n) is 32.5. The number of esters is 2. The van der Waals surface area contributed by atoms with Gasteiger partial charge in [0.2, 0.25) is 0 Å². The van der Waals surface area contributed by atoms with Gasteiger partial charge in [0.05, 0.1) is 6.61 Å². The minimum Gasteiger partial charge on any atom is -0.462 e. The Morgan fingerprint density at radius 2 is 0.833 bits per heavy atom. The van der Waals surface area contributed by atoms with Gasteiger partial charge in [0, 0.05) is 19.4 Å². The smallest absolute Gasteiger partial charge is 0.306 e. The highest BCUT2D eigenvalue weighted by Crippen LogP contribution is 2.14. The van der Waals surface area contributed by atoms with Crippen LogP contribution < -0.4 is 0 Å². The van der Waals surface area contributed by atoms with Crippen molar-refractivity contribution < 1.29 is 23.8 Å². The Morgan fingerprint density at radius 3 is 1.33 bits per heavy atom. The summed E-state index contributed by atoms with van der Waals surface area (Å²) < 4.78 is 17.2. The van der Waals surface area contributed by atoms with Crippen LogP contribution in [0.1, 0.15) is 226 Å². The quantitative estimate of drug-likeness (QED) is 0.0368. The van der Waals surface area contributed by atoms with E-state index in [1.807, 2.05) is 0 Å². The van der Waals surface area contributed by atoms with Crippen LogP contribution in [0.4, 0.5) is 0 Å². The molecule has 0 rings (SSSR count). The summed E-state index contributed by atoms with van der Waals surface area (Å²) >= 11 is 0. The fourth-order valence-corrected chi connectivity index (χ4v) is 6.08. The molecule has 0 aliphatic rings. The Morgan fingerprint density at radius 1 is 0.438 bits per heavy atom. The van der Waals surface area contributed by atoms with Gasteiger partial charge in [0.1, 0.15) is 6.61 Å². The SMILES string of the molecule is CCCC/C=C\CCCCCCCC(=O)OCC(COCCCCCCCCCCCC)OC(=O)CCCCCCCCCCCCC. The van der Waals surface area contributed by atoms with E-state index in [0.717, 1.165) is 44.9 Å². The molecular formula is C43H82O5. The Labute approximate surface area is 299 Å². The van der Waals surface area contributed by atoms with E-state index >= 15 is 0 Å². The Hall–Kier alpha value is -1.36. The third-order valence-electron chi connectivity index (χ3n) is 9.30. The van der Waals surface area contributed by atoms with Crippen molar-refractivity contribution in [1.29, 1.82) is 0 Å². The Balaban J connectivity index is 4.22. The first-order chi connectivity index (χ1) is 23.6. The summed E-state index contributed by atoms with van der Waals surface area (Å²) in [6, 6.07) is 0. The van der Waals surface area contributed by atoms with E-state index in [0.29, 0.717) is 26.1 Å². The molecule has 5 nitrogen and oxygen atoms in total. The molecule has 0 saturated carbocycles. The van der Waals surface area contributed by atoms with Gasteiger partial charge in [-0.2, -0.15) is 0 Å². The topological polar surface area (TPSA) is 61.8 Å². The van der Waals surface area contributed by atoms with Crippen molar-refractivity contribution in [2.45, 2.75) is 232 Å². The summed E-state index contributed by atoms with van der Waals surface area (Å²) in [4.78, 5) is 25.1. The van der Waals surface area contributed by atoms with Crippen LogP contribution in [0.2, 0.25) is 0 Å². The van der Waals surface area contributed by atoms with E-state index in [9.17, 15) is 9.59 Å². The molecule has 0 aliphatic heterocycles. The molecule has 0 aromatic heterocycles. The second kappa shape index (κ2) is 40.1. The molecule has 0 heterocycles. The zero-order valence-corrected chi connectivity index (χ0v) is 32.5. The van der Waals surface area contributed by atoms with E-state index < -0.39 is 6.10 Å². The molecule has 0 N–H and O–H groups in total. The first kappa shape index (κ1) is 46.6. The summed E-state index contributed by atoms with van der Waals surface area (Å²) in [6.07, 6.45) is 42.0. The molecule has 0 amide bonds. The number of unbranched alkanes of at least 4 members (excludes halogenated alkanes) is 26. The van der Waals surface area contributed by atoms with Crippen LogP contribution in [0.3, 0.4) is 0 Å². The summed E-state index contributed by atoms with van der Waals surface area (Å²) in [5, 5.41) is 0. The molecule has 1 atom stereocenters. The first-order valence-corrected chi connectivity index (χ1v) is 21.2. The summed E-state index contributed by atoms with van der Waals surface area (Å²) in [5.41, 5.74) is 0. The summed E-state index contributed by atoms with van der Waals surface area (Å²) in [6.45, 7) is 7.79. The van der Waals surface area contributed by atoms with Gasteiger partial charge in [0.15, 0.2) is 6.10 Å². The predicted molar refractivity (Wildman–Crippen MR) is 206 cm³/mol. The monoisotopic (exact) mass is 679 g/mol. The van der Waals surface area contributed by atoms with Crippen LogP contribution in [-0.4, -0.2) is 37.9 Å². The molecule has 0 bridgehead atoms. The second-order valence-corrected chi connectivity index (χ2v) is 14.3. The largest absolute Gasteiger partial charge is 0.462 e. The number of ether oxygens (including phenoxy) is 3. The highest BCUT2D eigenvalue weighted by atomic mass is 16.6. The van der Waals surface area contributed by atoms with Crippen molar-refractivity contribution in [3.63, 3.8) is 0 Å². The van der Waals surface area contributed by atoms with Gasteiger partial charge in [0.25, 0.3) is 0 Å². The molecule has 0 radical (unpaired) electrons. The maximum atomic E-state index is 12.6. The van der Waals surface area contributed by atoms with Gasteiger partial charge in [-0.05, 0) is 38.5 Å². The van der Waals surface area contributed by atoms with Crippen LogP contribution in [0.15, 0.2) is 12.2 Å². The summed E-state index contributed by atoms with van der Waals surface area (Å²) in [7, 11) is 0. The van der Waals surface area contributed by atoms with E-state index in [1.165, 1.54) is 148 Å². The molecule has 0 spiro atoms. The lowest BCUT2D eigenvalue weighted by Gasteiger charge is -2.18. The molecule has 0 saturated heterocycles. The van der Waals surface area contributed by atoms with Crippen LogP contribution in [0, 0.1) is 0 Å². The average molecular weight is 679 g/mol. The van der Waals surface area contributed by atoms with E-state index in [4.69, 9.17) is 14.2 Å². The van der Waals surface area contributed by atoms with Gasteiger partial charge in [-0.25, -0.2) is 0 Å². The van der Waals surface area contributed by atoms with Gasteiger partial charge in [-0.15, -0.1) is 0 Å². The normalized spacial score (nSPS) is 12.1. The van der Waals surface area contributed by atoms with Gasteiger partial charge in [-0.1, -0.05) is 187 Å². The molecule has 284 valence electrons. The second-order valence-electron chi connectivity index (χ2n) is 14.3. The van der Waals surface area contributed by atoms with Gasteiger partial charge in [-0.3, -0.25) is 9.59 Å². The van der Waals surface area contributed by atoms with Crippen molar-refractivity contribution in [2.24, 2.45) is 0 Å². The van der Waals surface area contributed by atoms with Crippen LogP contribution >= 0.6 is 0 Å². The third-order valence-corrected chi connectivity index (χ3v) is 9.30. The lowest BCUT2D eigenvalue weighted by atomic mass is 10.1. The molecule has 48 heavy (non-hydrogen) atoms. The van der Waals surface area contributed by atoms with E-state index in [-0.39, 0.29) is 18.5 Å². The lowest BCUT2D eigenvalue weighted by Crippen LogP contribution is -2.30. The highest BCUT2D eigenvalue weighted by molar-refractivity contribution is 5.70. The number of carbonyl (C=O) groups excluding carboxylic acids is 2. The van der Waals surface area contributed by atoms with Crippen LogP contribution in [-0.2, 0) is 23.8 Å². The minimum absolute atomic E-state index is 0.0885. The maximum Gasteiger partial charge on any atom is 0.306 e. The number of hydrogen-bond donors (Lipinski definition) is 0. The molecule has 0 aliphatic carbocycles. The Kier molecular flexibility index (Phi) is 38.9. The van der Waals surface area contributed by atoms with Crippen molar-refractivity contribution in [1.82, 2.24) is 0 Å².